The summed E-state index contributed by atoms with van der Waals surface area (Å²) in [5, 5.41) is 0. The fourth-order valence-electron chi connectivity index (χ4n) is 0. The van der Waals surface area contributed by atoms with Crippen molar-refractivity contribution >= 4 is 290 Å². The molecule has 0 saturated heterocycles. The molecule has 0 spiro atoms. The Hall–Kier alpha value is 8.40. The van der Waals surface area contributed by atoms with E-state index in [9.17, 15) is 0 Å². The number of phosphoric acid groups is 5. The van der Waals surface area contributed by atoms with Crippen LogP contribution < -0.4 is 73.4 Å². The Morgan fingerprint density at radius 1 is 0.237 bits per heavy atom. The normalized spacial score (nSPS) is 7.76. The summed E-state index contributed by atoms with van der Waals surface area (Å²) in [6.07, 6.45) is 0. The maximum atomic E-state index is 8.55. The SMILES string of the molecule is O=P([O-])([O-])[O-].O=P([O-])([O-])[O-].O=P([O-])([O-])[O-].O=P([O-])([O-])[O-].O=P([O-])([O-])[O-].[Al+3].[Al+3].[Al+3].[Al+3].[OH-].[OH-].[OH-].[OH-].[OH-].[Sr+2].[Sr+2].[Sr+2].[Sr+2]. The van der Waals surface area contributed by atoms with Gasteiger partial charge >= 0.3 is 251 Å². The molecule has 0 aliphatic rings. The molecule has 200 valence electrons. The molecular formula is H5Al4O25P5Sr4. The van der Waals surface area contributed by atoms with Gasteiger partial charge in [-0.2, -0.15) is 39.1 Å². The predicted octanol–water partition coefficient (Wildman–Crippen LogP) is -18.1. The first kappa shape index (κ1) is 119. The van der Waals surface area contributed by atoms with Crippen LogP contribution in [0.2, 0.25) is 0 Å². The molecule has 0 aromatic rings. The molecule has 0 aliphatic carbocycles. The van der Waals surface area contributed by atoms with Crippen molar-refractivity contribution in [2.24, 2.45) is 0 Å². The zero-order valence-corrected chi connectivity index (χ0v) is 40.8. The Balaban J connectivity index is -0.00000000758. The summed E-state index contributed by atoms with van der Waals surface area (Å²) >= 11 is 0. The molecule has 0 fully saturated rings. The van der Waals surface area contributed by atoms with Gasteiger partial charge in [0.25, 0.3) is 0 Å². The van der Waals surface area contributed by atoms with Crippen LogP contribution in [-0.2, 0) is 22.8 Å². The minimum absolute atomic E-state index is 0. The molecule has 0 aliphatic heterocycles. The second kappa shape index (κ2) is 60.7. The summed E-state index contributed by atoms with van der Waals surface area (Å²) < 4.78 is 42.7. The molecule has 0 atom stereocenters. The minimum Gasteiger partial charge on any atom is -0.870 e. The fraction of sp³-hybridized carbons (Fsp3) is 0. The van der Waals surface area contributed by atoms with Gasteiger partial charge in [-0.15, -0.1) is 0 Å². The first-order valence-electron chi connectivity index (χ1n) is 3.65. The molecular weight excluding hydrogens is 1010 g/mol. The van der Waals surface area contributed by atoms with Crippen molar-refractivity contribution in [3.63, 3.8) is 0 Å². The molecule has 0 amide bonds. The summed E-state index contributed by atoms with van der Waals surface area (Å²) in [5.74, 6) is 0. The Morgan fingerprint density at radius 2 is 0.237 bits per heavy atom. The average Bonchev–Trinajstić information content (AvgIpc) is 1.79. The maximum absolute atomic E-state index is 8.55. The van der Waals surface area contributed by atoms with Gasteiger partial charge in [-0.05, 0) is 0 Å². The quantitative estimate of drug-likeness (QED) is 0.161. The van der Waals surface area contributed by atoms with Crippen LogP contribution in [0.5, 0.6) is 0 Å². The molecule has 0 aromatic heterocycles. The van der Waals surface area contributed by atoms with Gasteiger partial charge in [0.2, 0.25) is 0 Å². The smallest absolute Gasteiger partial charge is 0.870 e. The van der Waals surface area contributed by atoms with Crippen LogP contribution in [0.1, 0.15) is 0 Å². The molecule has 0 unspecified atom stereocenters. The van der Waals surface area contributed by atoms with Crippen LogP contribution in [0, 0.1) is 0 Å². The largest absolute Gasteiger partial charge is 3.00 e. The van der Waals surface area contributed by atoms with Crippen molar-refractivity contribution in [3.05, 3.63) is 0 Å². The topological polar surface area (TPSA) is 581 Å². The molecule has 0 aromatic carbocycles. The van der Waals surface area contributed by atoms with E-state index in [0.29, 0.717) is 0 Å². The van der Waals surface area contributed by atoms with E-state index < -0.39 is 39.1 Å². The van der Waals surface area contributed by atoms with Crippen LogP contribution in [0.25, 0.3) is 0 Å². The second-order valence-corrected chi connectivity index (χ2v) is 6.71. The van der Waals surface area contributed by atoms with Crippen LogP contribution in [-0.4, -0.2) is 279 Å². The molecule has 38 heavy (non-hydrogen) atoms. The minimum atomic E-state index is -5.39. The summed E-state index contributed by atoms with van der Waals surface area (Å²) in [6.45, 7) is 0. The van der Waals surface area contributed by atoms with Gasteiger partial charge in [0, 0.05) is 0 Å². The molecule has 38 heteroatoms. The summed E-state index contributed by atoms with van der Waals surface area (Å²) in [4.78, 5) is 128. The monoisotopic (exact) mass is 1020 g/mol. The van der Waals surface area contributed by atoms with Crippen molar-refractivity contribution in [2.45, 2.75) is 0 Å². The van der Waals surface area contributed by atoms with E-state index in [1.165, 1.54) is 0 Å². The van der Waals surface area contributed by atoms with Gasteiger partial charge in [0.05, 0.1) is 0 Å². The first-order valence-corrected chi connectivity index (χ1v) is 11.0. The molecule has 5 N–H and O–H groups in total. The van der Waals surface area contributed by atoms with Crippen LogP contribution in [0.15, 0.2) is 0 Å². The van der Waals surface area contributed by atoms with Crippen molar-refractivity contribution in [1.82, 2.24) is 0 Å². The van der Waals surface area contributed by atoms with Gasteiger partial charge in [0.1, 0.15) is 0 Å². The standard InChI is InChI=1S/4Al.5H3O4P.5H2O.4Sr/c;;;;5*1-5(2,3)4;;;;;;;;;/h;;;;5*(H3,1,2,3,4);5*1H2;;;;/q4*+3;;;;;;;;;;;4*+2/p-20. The van der Waals surface area contributed by atoms with Crippen LogP contribution in [0.4, 0.5) is 0 Å². The van der Waals surface area contributed by atoms with Gasteiger partial charge in [-0.3, -0.25) is 0 Å². The summed E-state index contributed by atoms with van der Waals surface area (Å²) in [7, 11) is -26.9. The van der Waals surface area contributed by atoms with E-state index in [1.807, 2.05) is 0 Å². The van der Waals surface area contributed by atoms with Gasteiger partial charge < -0.3 is 124 Å². The van der Waals surface area contributed by atoms with Crippen molar-refractivity contribution in [3.8, 4) is 0 Å². The third-order valence-corrected chi connectivity index (χ3v) is 0. The van der Waals surface area contributed by atoms with Crippen molar-refractivity contribution in [1.29, 1.82) is 0 Å². The Kier molecular flexibility index (Phi) is 189. The van der Waals surface area contributed by atoms with E-state index >= 15 is 0 Å². The predicted molar refractivity (Wildman–Crippen MR) is 93.7 cm³/mol. The third kappa shape index (κ3) is 1180. The van der Waals surface area contributed by atoms with Crippen LogP contribution in [0.3, 0.4) is 0 Å². The average molecular weight is 1020 g/mol. The summed E-state index contributed by atoms with van der Waals surface area (Å²) in [6, 6.07) is 0. The number of hydrogen-bond donors (Lipinski definition) is 0. The van der Waals surface area contributed by atoms with E-state index in [0.717, 1.165) is 0 Å². The van der Waals surface area contributed by atoms with E-state index in [2.05, 4.69) is 0 Å². The zero-order chi connectivity index (χ0) is 22.5. The Morgan fingerprint density at radius 3 is 0.237 bits per heavy atom. The van der Waals surface area contributed by atoms with E-state index in [4.69, 9.17) is 96.2 Å². The van der Waals surface area contributed by atoms with Crippen molar-refractivity contribution in [2.75, 3.05) is 0 Å². The molecule has 0 saturated carbocycles. The maximum Gasteiger partial charge on any atom is 3.00 e. The Labute approximate surface area is 405 Å². The van der Waals surface area contributed by atoms with Gasteiger partial charge in [0.15, 0.2) is 0 Å². The molecule has 0 bridgehead atoms. The van der Waals surface area contributed by atoms with E-state index in [-0.39, 0.29) is 279 Å². The molecule has 0 rings (SSSR count). The molecule has 0 heterocycles. The van der Waals surface area contributed by atoms with Crippen LogP contribution >= 0.6 is 39.1 Å². The Bertz CT molecular complexity index is 403. The molecule has 25 nitrogen and oxygen atoms in total. The summed E-state index contributed by atoms with van der Waals surface area (Å²) in [5.41, 5.74) is 0. The molecule has 0 radical (unpaired) electrons. The fourth-order valence-corrected chi connectivity index (χ4v) is 0. The number of hydrogen-bond acceptors (Lipinski definition) is 25. The number of rotatable bonds is 0. The second-order valence-electron chi connectivity index (χ2n) is 2.24. The van der Waals surface area contributed by atoms with Crippen molar-refractivity contribution < 1.29 is 124 Å². The third-order valence-electron chi connectivity index (χ3n) is 0. The van der Waals surface area contributed by atoms with Gasteiger partial charge in [-0.1, -0.05) is 0 Å². The first-order chi connectivity index (χ1) is 10.0. The zero-order valence-electron chi connectivity index (χ0n) is 17.8. The van der Waals surface area contributed by atoms with Gasteiger partial charge in [-0.25, -0.2) is 0 Å². The van der Waals surface area contributed by atoms with E-state index in [1.54, 1.807) is 0 Å².